The van der Waals surface area contributed by atoms with E-state index < -0.39 is 6.10 Å². The zero-order chi connectivity index (χ0) is 14.8. The summed E-state index contributed by atoms with van der Waals surface area (Å²) in [6, 6.07) is 7.81. The summed E-state index contributed by atoms with van der Waals surface area (Å²) in [5.74, 6) is 1.04. The molecule has 1 fully saturated rings. The Hall–Kier alpha value is -1.55. The van der Waals surface area contributed by atoms with E-state index in [1.165, 1.54) is 0 Å². The van der Waals surface area contributed by atoms with E-state index >= 15 is 0 Å². The third kappa shape index (κ3) is 3.05. The molecule has 1 saturated carbocycles. The zero-order valence-corrected chi connectivity index (χ0v) is 12.5. The van der Waals surface area contributed by atoms with Crippen molar-refractivity contribution in [1.29, 1.82) is 0 Å². The number of likely N-dealkylation sites (N-methyl/N-ethyl adjacent to an activating group) is 1. The molecular weight excluding hydrogens is 266 g/mol. The van der Waals surface area contributed by atoms with Crippen LogP contribution in [0, 0.1) is 5.92 Å². The number of para-hydroxylation sites is 1. The van der Waals surface area contributed by atoms with Gasteiger partial charge in [-0.2, -0.15) is 0 Å². The van der Waals surface area contributed by atoms with Crippen molar-refractivity contribution in [3.8, 4) is 5.75 Å². The normalized spacial score (nSPS) is 27.8. The minimum Gasteiger partial charge on any atom is -0.480 e. The molecule has 2 aliphatic rings. The molecule has 1 aromatic carbocycles. The van der Waals surface area contributed by atoms with E-state index in [0.29, 0.717) is 13.0 Å². The molecule has 21 heavy (non-hydrogen) atoms. The van der Waals surface area contributed by atoms with Gasteiger partial charge in [-0.25, -0.2) is 0 Å². The third-order valence-electron chi connectivity index (χ3n) is 4.68. The topological polar surface area (TPSA) is 49.8 Å². The van der Waals surface area contributed by atoms with Gasteiger partial charge in [-0.15, -0.1) is 0 Å². The number of nitrogens with zero attached hydrogens (tertiary/aromatic N) is 1. The largest absolute Gasteiger partial charge is 0.480 e. The highest BCUT2D eigenvalue weighted by Gasteiger charge is 2.33. The molecule has 4 nitrogen and oxygen atoms in total. The smallest absolute Gasteiger partial charge is 0.263 e. The Morgan fingerprint density at radius 3 is 2.86 bits per heavy atom. The molecule has 1 amide bonds. The summed E-state index contributed by atoms with van der Waals surface area (Å²) in [6.45, 7) is 0.621. The number of carbonyl (C=O) groups excluding carboxylic acids is 1. The lowest BCUT2D eigenvalue weighted by atomic mass is 9.86. The Labute approximate surface area is 125 Å². The first-order valence-corrected chi connectivity index (χ1v) is 7.83. The zero-order valence-electron chi connectivity index (χ0n) is 12.5. The molecule has 1 aromatic rings. The highest BCUT2D eigenvalue weighted by Crippen LogP contribution is 2.30. The summed E-state index contributed by atoms with van der Waals surface area (Å²) in [5.41, 5.74) is 1.10. The molecule has 4 heteroatoms. The van der Waals surface area contributed by atoms with Crippen LogP contribution in [0.5, 0.6) is 5.75 Å². The van der Waals surface area contributed by atoms with E-state index in [9.17, 15) is 9.90 Å². The van der Waals surface area contributed by atoms with Crippen LogP contribution in [-0.2, 0) is 11.2 Å². The summed E-state index contributed by atoms with van der Waals surface area (Å²) < 4.78 is 5.75. The quantitative estimate of drug-likeness (QED) is 0.926. The molecule has 1 heterocycles. The first-order chi connectivity index (χ1) is 10.1. The highest BCUT2D eigenvalue weighted by atomic mass is 16.5. The van der Waals surface area contributed by atoms with Gasteiger partial charge in [0.15, 0.2) is 6.10 Å². The Morgan fingerprint density at radius 2 is 2.10 bits per heavy atom. The number of ether oxygens (including phenoxy) is 1. The SMILES string of the molecule is CN(CC1CCCCC1O)C(=O)C1Cc2ccccc2O1. The molecule has 1 aliphatic heterocycles. The molecule has 0 saturated heterocycles. The van der Waals surface area contributed by atoms with E-state index in [2.05, 4.69) is 0 Å². The number of aliphatic hydroxyl groups is 1. The molecule has 3 unspecified atom stereocenters. The first kappa shape index (κ1) is 14.4. The lowest BCUT2D eigenvalue weighted by Crippen LogP contribution is -2.43. The Bertz CT molecular complexity index is 492. The third-order valence-corrected chi connectivity index (χ3v) is 4.68. The number of hydrogen-bond acceptors (Lipinski definition) is 3. The molecule has 3 atom stereocenters. The summed E-state index contributed by atoms with van der Waals surface area (Å²) in [6.07, 6.45) is 4.07. The highest BCUT2D eigenvalue weighted by molar-refractivity contribution is 5.82. The summed E-state index contributed by atoms with van der Waals surface area (Å²) in [5, 5.41) is 10.0. The minimum absolute atomic E-state index is 0.0176. The Balaban J connectivity index is 1.58. The fraction of sp³-hybridized carbons (Fsp3) is 0.588. The molecule has 114 valence electrons. The number of hydrogen-bond donors (Lipinski definition) is 1. The van der Waals surface area contributed by atoms with E-state index in [-0.39, 0.29) is 17.9 Å². The monoisotopic (exact) mass is 289 g/mol. The second-order valence-corrected chi connectivity index (χ2v) is 6.25. The van der Waals surface area contributed by atoms with Crippen LogP contribution in [-0.4, -0.2) is 41.7 Å². The van der Waals surface area contributed by atoms with Crippen molar-refractivity contribution in [2.75, 3.05) is 13.6 Å². The average molecular weight is 289 g/mol. The van der Waals surface area contributed by atoms with Crippen LogP contribution in [0.3, 0.4) is 0 Å². The van der Waals surface area contributed by atoms with Crippen LogP contribution >= 0.6 is 0 Å². The number of amides is 1. The summed E-state index contributed by atoms with van der Waals surface area (Å²) in [4.78, 5) is 14.2. The van der Waals surface area contributed by atoms with Gasteiger partial charge < -0.3 is 14.7 Å². The number of rotatable bonds is 3. The maximum Gasteiger partial charge on any atom is 0.263 e. The van der Waals surface area contributed by atoms with Crippen molar-refractivity contribution in [3.05, 3.63) is 29.8 Å². The van der Waals surface area contributed by atoms with Gasteiger partial charge in [0.1, 0.15) is 5.75 Å². The second-order valence-electron chi connectivity index (χ2n) is 6.25. The molecule has 0 radical (unpaired) electrons. The molecule has 0 spiro atoms. The van der Waals surface area contributed by atoms with Gasteiger partial charge in [0.05, 0.1) is 6.10 Å². The lowest BCUT2D eigenvalue weighted by Gasteiger charge is -2.32. The van der Waals surface area contributed by atoms with Crippen molar-refractivity contribution in [2.24, 2.45) is 5.92 Å². The summed E-state index contributed by atoms with van der Waals surface area (Å²) >= 11 is 0. The van der Waals surface area contributed by atoms with Gasteiger partial charge in [0.2, 0.25) is 0 Å². The predicted octanol–water partition coefficient (Wildman–Crippen LogP) is 2.00. The average Bonchev–Trinajstić information content (AvgIpc) is 2.92. The van der Waals surface area contributed by atoms with Crippen LogP contribution in [0.4, 0.5) is 0 Å². The van der Waals surface area contributed by atoms with Crippen molar-refractivity contribution < 1.29 is 14.6 Å². The van der Waals surface area contributed by atoms with Gasteiger partial charge in [-0.3, -0.25) is 4.79 Å². The van der Waals surface area contributed by atoms with Crippen LogP contribution < -0.4 is 4.74 Å². The fourth-order valence-corrected chi connectivity index (χ4v) is 3.41. The van der Waals surface area contributed by atoms with Gasteiger partial charge in [-0.05, 0) is 24.5 Å². The van der Waals surface area contributed by atoms with Crippen LogP contribution in [0.2, 0.25) is 0 Å². The number of carbonyl (C=O) groups is 1. The maximum atomic E-state index is 12.5. The minimum atomic E-state index is -0.409. The van der Waals surface area contributed by atoms with Crippen LogP contribution in [0.1, 0.15) is 31.2 Å². The molecule has 1 N–H and O–H groups in total. The fourth-order valence-electron chi connectivity index (χ4n) is 3.41. The number of fused-ring (bicyclic) bond motifs is 1. The van der Waals surface area contributed by atoms with Crippen molar-refractivity contribution in [3.63, 3.8) is 0 Å². The molecule has 3 rings (SSSR count). The standard InChI is InChI=1S/C17H23NO3/c1-18(11-13-7-2-4-8-14(13)19)17(20)16-10-12-6-3-5-9-15(12)21-16/h3,5-6,9,13-14,16,19H,2,4,7-8,10-11H2,1H3. The molecule has 0 bridgehead atoms. The van der Waals surface area contributed by atoms with Gasteiger partial charge in [-0.1, -0.05) is 31.0 Å². The first-order valence-electron chi connectivity index (χ1n) is 7.83. The van der Waals surface area contributed by atoms with Crippen molar-refractivity contribution in [2.45, 2.75) is 44.3 Å². The number of aliphatic hydroxyl groups excluding tert-OH is 1. The van der Waals surface area contributed by atoms with E-state index in [1.807, 2.05) is 31.3 Å². The Morgan fingerprint density at radius 1 is 1.33 bits per heavy atom. The van der Waals surface area contributed by atoms with Gasteiger partial charge in [0, 0.05) is 25.9 Å². The van der Waals surface area contributed by atoms with Crippen LogP contribution in [0.25, 0.3) is 0 Å². The van der Waals surface area contributed by atoms with Gasteiger partial charge >= 0.3 is 0 Å². The van der Waals surface area contributed by atoms with Crippen LogP contribution in [0.15, 0.2) is 24.3 Å². The number of benzene rings is 1. The second kappa shape index (κ2) is 6.06. The maximum absolute atomic E-state index is 12.5. The van der Waals surface area contributed by atoms with Crippen molar-refractivity contribution in [1.82, 2.24) is 4.90 Å². The predicted molar refractivity (Wildman–Crippen MR) is 80.2 cm³/mol. The van der Waals surface area contributed by atoms with Crippen molar-refractivity contribution >= 4 is 5.91 Å². The van der Waals surface area contributed by atoms with E-state index in [4.69, 9.17) is 4.74 Å². The van der Waals surface area contributed by atoms with E-state index in [0.717, 1.165) is 37.0 Å². The molecule has 1 aliphatic carbocycles. The molecule has 0 aromatic heterocycles. The van der Waals surface area contributed by atoms with E-state index in [1.54, 1.807) is 4.90 Å². The molecular formula is C17H23NO3. The lowest BCUT2D eigenvalue weighted by molar-refractivity contribution is -0.137. The van der Waals surface area contributed by atoms with Gasteiger partial charge in [0.25, 0.3) is 5.91 Å². The summed E-state index contributed by atoms with van der Waals surface area (Å²) in [7, 11) is 1.82. The Kier molecular flexibility index (Phi) is 4.15.